The Balaban J connectivity index is 2.03. The molecule has 0 radical (unpaired) electrons. The third-order valence-corrected chi connectivity index (χ3v) is 3.99. The topological polar surface area (TPSA) is 56.5 Å². The molecule has 3 N–H and O–H groups in total. The predicted molar refractivity (Wildman–Crippen MR) is 113 cm³/mol. The molecular weight excluding hydrogens is 358 g/mol. The molecule has 5 nitrogen and oxygen atoms in total. The Hall–Kier alpha value is -2.86. The summed E-state index contributed by atoms with van der Waals surface area (Å²) in [5.74, 6) is 1.42. The van der Waals surface area contributed by atoms with Crippen molar-refractivity contribution >= 4 is 23.5 Å². The molecule has 2 rings (SSSR count). The van der Waals surface area contributed by atoms with Gasteiger partial charge in [0.15, 0.2) is 17.7 Å². The lowest BCUT2D eigenvalue weighted by Crippen LogP contribution is -2.82. The highest BCUT2D eigenvalue weighted by Crippen LogP contribution is 2.29. The molecule has 0 amide bonds. The van der Waals surface area contributed by atoms with Crippen molar-refractivity contribution < 1.29 is 14.6 Å². The summed E-state index contributed by atoms with van der Waals surface area (Å²) >= 11 is 5.12. The number of hydrazone groups is 1. The van der Waals surface area contributed by atoms with Crippen molar-refractivity contribution in [1.29, 1.82) is 0 Å². The first-order valence-electron chi connectivity index (χ1n) is 8.81. The maximum absolute atomic E-state index is 5.98. The fourth-order valence-corrected chi connectivity index (χ4v) is 2.47. The van der Waals surface area contributed by atoms with E-state index in [2.05, 4.69) is 41.5 Å². The van der Waals surface area contributed by atoms with E-state index >= 15 is 0 Å². The lowest BCUT2D eigenvalue weighted by molar-refractivity contribution is -0.500. The molecule has 0 saturated carbocycles. The van der Waals surface area contributed by atoms with Crippen molar-refractivity contribution in [1.82, 2.24) is 10.7 Å². The minimum Gasteiger partial charge on any atom is -0.490 e. The normalized spacial score (nSPS) is 10.4. The fraction of sp³-hybridized carbons (Fsp3) is 0.238. The molecule has 0 heterocycles. The van der Waals surface area contributed by atoms with Crippen LogP contribution in [0.3, 0.4) is 0 Å². The van der Waals surface area contributed by atoms with Gasteiger partial charge < -0.3 is 14.8 Å². The van der Waals surface area contributed by atoms with Crippen LogP contribution in [0.15, 0.2) is 55.1 Å². The lowest BCUT2D eigenvalue weighted by atomic mass is 10.1. The monoisotopic (exact) mass is 384 g/mol. The van der Waals surface area contributed by atoms with Crippen LogP contribution in [0.5, 0.6) is 11.5 Å². The summed E-state index contributed by atoms with van der Waals surface area (Å²) in [6, 6.07) is 14.0. The average molecular weight is 385 g/mol. The highest BCUT2D eigenvalue weighted by Gasteiger charge is 2.08. The SMILES string of the molecule is C=CCNC(=S)N[NH+]=Cc1ccc(OCc2ccccc2C)c(OCC)c1. The second-order valence-electron chi connectivity index (χ2n) is 5.77. The zero-order valence-electron chi connectivity index (χ0n) is 15.7. The molecule has 2 aromatic carbocycles. The van der Waals surface area contributed by atoms with Crippen molar-refractivity contribution in [2.75, 3.05) is 13.2 Å². The Morgan fingerprint density at radius 3 is 2.74 bits per heavy atom. The van der Waals surface area contributed by atoms with Crippen molar-refractivity contribution in [2.24, 2.45) is 0 Å². The number of hydrogen-bond donors (Lipinski definition) is 3. The minimum absolute atomic E-state index is 0.495. The molecule has 0 aromatic heterocycles. The van der Waals surface area contributed by atoms with E-state index in [1.54, 1.807) is 12.3 Å². The van der Waals surface area contributed by atoms with E-state index in [1.165, 1.54) is 5.56 Å². The molecule has 0 spiro atoms. The number of ether oxygens (including phenoxy) is 2. The molecule has 142 valence electrons. The highest BCUT2D eigenvalue weighted by atomic mass is 32.1. The summed E-state index contributed by atoms with van der Waals surface area (Å²) in [7, 11) is 0. The van der Waals surface area contributed by atoms with Crippen molar-refractivity contribution in [3.8, 4) is 11.5 Å². The Morgan fingerprint density at radius 2 is 2.00 bits per heavy atom. The van der Waals surface area contributed by atoms with E-state index < -0.39 is 0 Å². The van der Waals surface area contributed by atoms with Gasteiger partial charge in [0.1, 0.15) is 6.61 Å². The van der Waals surface area contributed by atoms with Gasteiger partial charge in [0.25, 0.3) is 0 Å². The van der Waals surface area contributed by atoms with Crippen LogP contribution >= 0.6 is 12.2 Å². The first-order chi connectivity index (χ1) is 13.1. The zero-order valence-corrected chi connectivity index (χ0v) is 16.6. The van der Waals surface area contributed by atoms with Gasteiger partial charge in [0.05, 0.1) is 6.61 Å². The molecule has 0 fully saturated rings. The molecule has 2 aromatic rings. The summed E-state index contributed by atoms with van der Waals surface area (Å²) in [5, 5.41) is 6.42. The van der Waals surface area contributed by atoms with Crippen molar-refractivity contribution in [3.05, 3.63) is 71.8 Å². The van der Waals surface area contributed by atoms with Gasteiger partial charge >= 0.3 is 0 Å². The third-order valence-electron chi connectivity index (χ3n) is 3.74. The number of nitrogens with one attached hydrogen (secondary N) is 3. The summed E-state index contributed by atoms with van der Waals surface area (Å²) in [6.45, 7) is 9.32. The van der Waals surface area contributed by atoms with E-state index in [4.69, 9.17) is 21.7 Å². The Kier molecular flexibility index (Phi) is 8.32. The second kappa shape index (κ2) is 11.0. The van der Waals surface area contributed by atoms with Gasteiger partial charge in [-0.25, -0.2) is 0 Å². The largest absolute Gasteiger partial charge is 0.490 e. The minimum atomic E-state index is 0.495. The van der Waals surface area contributed by atoms with E-state index in [0.29, 0.717) is 36.4 Å². The van der Waals surface area contributed by atoms with Crippen LogP contribution in [-0.4, -0.2) is 24.5 Å². The van der Waals surface area contributed by atoms with Gasteiger partial charge in [-0.15, -0.1) is 17.1 Å². The molecule has 27 heavy (non-hydrogen) atoms. The zero-order chi connectivity index (χ0) is 19.5. The Labute approximate surface area is 166 Å². The Morgan fingerprint density at radius 1 is 1.19 bits per heavy atom. The van der Waals surface area contributed by atoms with Gasteiger partial charge in [-0.3, -0.25) is 0 Å². The van der Waals surface area contributed by atoms with E-state index in [1.807, 2.05) is 37.3 Å². The van der Waals surface area contributed by atoms with Crippen LogP contribution in [0.1, 0.15) is 23.6 Å². The standard InChI is InChI=1S/C21H25N3O2S/c1-4-12-22-21(27)24-23-14-17-10-11-19(20(13-17)25-5-2)26-15-18-9-7-6-8-16(18)3/h4,6-11,13-14H,1,5,12,15H2,2-3H3,(H2,22,24,27)/p+1. The van der Waals surface area contributed by atoms with Crippen LogP contribution < -0.4 is 25.3 Å². The smallest absolute Gasteiger partial charge is 0.224 e. The molecule has 6 heteroatoms. The van der Waals surface area contributed by atoms with Crippen LogP contribution in [0, 0.1) is 6.92 Å². The van der Waals surface area contributed by atoms with Gasteiger partial charge in [0, 0.05) is 12.1 Å². The van der Waals surface area contributed by atoms with Crippen LogP contribution in [0.25, 0.3) is 0 Å². The third kappa shape index (κ3) is 6.75. The molecule has 0 bridgehead atoms. The van der Waals surface area contributed by atoms with Crippen LogP contribution in [0.2, 0.25) is 0 Å². The van der Waals surface area contributed by atoms with Gasteiger partial charge in [0.2, 0.25) is 5.11 Å². The number of aryl methyl sites for hydroxylation is 1. The lowest BCUT2D eigenvalue weighted by Gasteiger charge is -2.13. The predicted octanol–water partition coefficient (Wildman–Crippen LogP) is 2.04. The van der Waals surface area contributed by atoms with Gasteiger partial charge in [-0.2, -0.15) is 0 Å². The van der Waals surface area contributed by atoms with Crippen LogP contribution in [0.4, 0.5) is 0 Å². The Bertz CT molecular complexity index is 806. The number of thiocarbonyl (C=S) groups is 1. The average Bonchev–Trinajstić information content (AvgIpc) is 2.67. The van der Waals surface area contributed by atoms with E-state index in [0.717, 1.165) is 11.1 Å². The number of hydrazine groups is 1. The second-order valence-corrected chi connectivity index (χ2v) is 6.17. The molecule has 0 saturated heterocycles. The molecule has 0 aliphatic heterocycles. The summed E-state index contributed by atoms with van der Waals surface area (Å²) in [5.41, 5.74) is 6.17. The summed E-state index contributed by atoms with van der Waals surface area (Å²) in [6.07, 6.45) is 3.54. The van der Waals surface area contributed by atoms with Crippen molar-refractivity contribution in [2.45, 2.75) is 20.5 Å². The maximum atomic E-state index is 5.98. The fourth-order valence-electron chi connectivity index (χ4n) is 2.32. The summed E-state index contributed by atoms with van der Waals surface area (Å²) < 4.78 is 11.7. The number of hydrogen-bond acceptors (Lipinski definition) is 3. The molecular formula is C21H26N3O2S+. The first kappa shape index (κ1) is 20.5. The number of rotatable bonds is 9. The van der Waals surface area contributed by atoms with Gasteiger partial charge in [-0.1, -0.05) is 30.3 Å². The quantitative estimate of drug-likeness (QED) is 0.267. The van der Waals surface area contributed by atoms with Crippen molar-refractivity contribution in [3.63, 3.8) is 0 Å². The van der Waals surface area contributed by atoms with E-state index in [-0.39, 0.29) is 0 Å². The molecule has 0 aliphatic carbocycles. The first-order valence-corrected chi connectivity index (χ1v) is 9.22. The van der Waals surface area contributed by atoms with Crippen LogP contribution in [-0.2, 0) is 6.61 Å². The highest BCUT2D eigenvalue weighted by molar-refractivity contribution is 7.80. The molecule has 0 aliphatic rings. The number of benzene rings is 2. The maximum Gasteiger partial charge on any atom is 0.224 e. The van der Waals surface area contributed by atoms with E-state index in [9.17, 15) is 0 Å². The van der Waals surface area contributed by atoms with Gasteiger partial charge in [-0.05, 0) is 55.4 Å². The summed E-state index contributed by atoms with van der Waals surface area (Å²) in [4.78, 5) is 0. The molecule has 0 atom stereocenters. The molecule has 0 unspecified atom stereocenters.